The third-order valence-corrected chi connectivity index (χ3v) is 3.72. The molecule has 2 amide bonds. The summed E-state index contributed by atoms with van der Waals surface area (Å²) in [7, 11) is 0. The van der Waals surface area contributed by atoms with E-state index in [0.29, 0.717) is 11.4 Å². The number of thiocarbonyl (C=S) groups is 1. The van der Waals surface area contributed by atoms with Crippen LogP contribution in [-0.4, -0.2) is 23.0 Å². The second-order valence-electron chi connectivity index (χ2n) is 5.40. The van der Waals surface area contributed by atoms with Gasteiger partial charge in [-0.1, -0.05) is 24.3 Å². The number of ether oxygens (including phenoxy) is 1. The molecule has 0 unspecified atom stereocenters. The van der Waals surface area contributed by atoms with Crippen LogP contribution in [-0.2, 0) is 9.59 Å². The van der Waals surface area contributed by atoms with Crippen LogP contribution in [0.25, 0.3) is 0 Å². The number of hydrogen-bond acceptors (Lipinski definition) is 4. The monoisotopic (exact) mass is 374 g/mol. The second kappa shape index (κ2) is 7.79. The Morgan fingerprint density at radius 3 is 2.69 bits per heavy atom. The molecule has 3 rings (SSSR count). The Morgan fingerprint density at radius 2 is 1.88 bits per heavy atom. The van der Waals surface area contributed by atoms with Crippen LogP contribution in [0.4, 0.5) is 15.8 Å². The highest BCUT2D eigenvalue weighted by atomic mass is 32.1. The molecule has 0 bridgehead atoms. The zero-order valence-corrected chi connectivity index (χ0v) is 14.2. The topological polar surface area (TPSA) is 91.5 Å². The molecular formula is C17H15FN4O3S. The quantitative estimate of drug-likeness (QED) is 0.485. The molecule has 0 fully saturated rings. The Bertz CT molecular complexity index is 861. The van der Waals surface area contributed by atoms with Crippen LogP contribution < -0.4 is 26.2 Å². The average molecular weight is 374 g/mol. The molecule has 1 atom stereocenters. The van der Waals surface area contributed by atoms with Crippen LogP contribution in [0.5, 0.6) is 5.75 Å². The fraction of sp³-hybridized carbons (Fsp3) is 0.118. The Morgan fingerprint density at radius 1 is 1.15 bits per heavy atom. The Kier molecular flexibility index (Phi) is 5.28. The number of fused-ring (bicyclic) bond motifs is 1. The van der Waals surface area contributed by atoms with Crippen LogP contribution in [0.2, 0.25) is 0 Å². The lowest BCUT2D eigenvalue weighted by Gasteiger charge is -2.25. The van der Waals surface area contributed by atoms with Gasteiger partial charge in [0.05, 0.1) is 17.8 Å². The minimum absolute atomic E-state index is 0.00260. The molecule has 1 aliphatic rings. The molecule has 0 aromatic heterocycles. The smallest absolute Gasteiger partial charge is 0.266 e. The summed E-state index contributed by atoms with van der Waals surface area (Å²) in [5.74, 6) is -0.906. The number of anilines is 2. The average Bonchev–Trinajstić information content (AvgIpc) is 2.62. The lowest BCUT2D eigenvalue weighted by Crippen LogP contribution is -2.47. The highest BCUT2D eigenvalue weighted by molar-refractivity contribution is 7.80. The summed E-state index contributed by atoms with van der Waals surface area (Å²) in [6, 6.07) is 12.9. The molecule has 2 aromatic rings. The molecule has 0 saturated heterocycles. The van der Waals surface area contributed by atoms with Gasteiger partial charge in [0.1, 0.15) is 11.6 Å². The highest BCUT2D eigenvalue weighted by Gasteiger charge is 2.29. The summed E-state index contributed by atoms with van der Waals surface area (Å²) in [6.45, 7) is 0. The van der Waals surface area contributed by atoms with Gasteiger partial charge < -0.3 is 15.4 Å². The molecule has 134 valence electrons. The van der Waals surface area contributed by atoms with Crippen molar-refractivity contribution in [2.45, 2.75) is 12.5 Å². The molecule has 0 spiro atoms. The first kappa shape index (κ1) is 17.6. The number of carbonyl (C=O) groups excluding carboxylic acids is 2. The van der Waals surface area contributed by atoms with E-state index >= 15 is 0 Å². The van der Waals surface area contributed by atoms with Crippen LogP contribution >= 0.6 is 12.2 Å². The zero-order chi connectivity index (χ0) is 18.5. The number of amides is 2. The Hall–Kier alpha value is -3.20. The van der Waals surface area contributed by atoms with Gasteiger partial charge in [-0.2, -0.15) is 0 Å². The molecule has 26 heavy (non-hydrogen) atoms. The molecule has 1 aliphatic heterocycles. The van der Waals surface area contributed by atoms with E-state index in [1.54, 1.807) is 36.4 Å². The molecule has 7 nitrogen and oxygen atoms in total. The summed E-state index contributed by atoms with van der Waals surface area (Å²) in [4.78, 5) is 24.0. The third kappa shape index (κ3) is 4.25. The number of hydrogen-bond donors (Lipinski definition) is 4. The van der Waals surface area contributed by atoms with Crippen LogP contribution in [0, 0.1) is 5.82 Å². The van der Waals surface area contributed by atoms with Gasteiger partial charge in [-0.3, -0.25) is 20.4 Å². The van der Waals surface area contributed by atoms with Gasteiger partial charge in [0.15, 0.2) is 11.2 Å². The SMILES string of the molecule is O=C(C[C@H]1Oc2ccccc2NC1=O)NNC(=S)Nc1ccccc1F. The molecule has 0 saturated carbocycles. The van der Waals surface area contributed by atoms with Crippen molar-refractivity contribution >= 4 is 40.5 Å². The van der Waals surface area contributed by atoms with Crippen molar-refractivity contribution < 1.29 is 18.7 Å². The van der Waals surface area contributed by atoms with Crippen molar-refractivity contribution in [3.63, 3.8) is 0 Å². The van der Waals surface area contributed by atoms with Crippen molar-refractivity contribution in [2.24, 2.45) is 0 Å². The molecule has 9 heteroatoms. The summed E-state index contributed by atoms with van der Waals surface area (Å²) >= 11 is 4.98. The van der Waals surface area contributed by atoms with E-state index in [9.17, 15) is 14.0 Å². The Labute approximate surface area is 153 Å². The number of carbonyl (C=O) groups is 2. The Balaban J connectivity index is 1.49. The predicted molar refractivity (Wildman–Crippen MR) is 98.0 cm³/mol. The number of halogens is 1. The lowest BCUT2D eigenvalue weighted by atomic mass is 10.1. The van der Waals surface area contributed by atoms with Crippen molar-refractivity contribution in [3.05, 3.63) is 54.3 Å². The van der Waals surface area contributed by atoms with Crippen LogP contribution in [0.1, 0.15) is 6.42 Å². The standard InChI is InChI=1S/C17H15FN4O3S/c18-10-5-1-2-6-11(10)20-17(26)22-21-15(23)9-14-16(24)19-12-7-3-4-8-13(12)25-14/h1-8,14H,9H2,(H,19,24)(H,21,23)(H2,20,22,26)/t14-/m1/s1. The molecule has 2 aromatic carbocycles. The molecular weight excluding hydrogens is 359 g/mol. The maximum Gasteiger partial charge on any atom is 0.266 e. The molecule has 0 radical (unpaired) electrons. The third-order valence-electron chi connectivity index (χ3n) is 3.51. The maximum atomic E-state index is 13.5. The summed E-state index contributed by atoms with van der Waals surface area (Å²) < 4.78 is 19.1. The normalized spacial score (nSPS) is 15.1. The van der Waals surface area contributed by atoms with Gasteiger partial charge in [0.25, 0.3) is 5.91 Å². The van der Waals surface area contributed by atoms with Crippen LogP contribution in [0.3, 0.4) is 0 Å². The van der Waals surface area contributed by atoms with E-state index in [1.165, 1.54) is 12.1 Å². The number of hydrazine groups is 1. The van der Waals surface area contributed by atoms with Gasteiger partial charge in [-0.05, 0) is 36.5 Å². The van der Waals surface area contributed by atoms with Crippen molar-refractivity contribution in [1.82, 2.24) is 10.9 Å². The minimum atomic E-state index is -0.959. The first-order chi connectivity index (χ1) is 12.5. The number of benzene rings is 2. The van der Waals surface area contributed by atoms with E-state index in [4.69, 9.17) is 17.0 Å². The maximum absolute atomic E-state index is 13.5. The lowest BCUT2D eigenvalue weighted by molar-refractivity contribution is -0.130. The van der Waals surface area contributed by atoms with Gasteiger partial charge in [0.2, 0.25) is 5.91 Å². The number of nitrogens with one attached hydrogen (secondary N) is 4. The molecule has 0 aliphatic carbocycles. The first-order valence-corrected chi connectivity index (χ1v) is 8.10. The van der Waals surface area contributed by atoms with Gasteiger partial charge >= 0.3 is 0 Å². The number of rotatable bonds is 3. The first-order valence-electron chi connectivity index (χ1n) is 7.70. The zero-order valence-electron chi connectivity index (χ0n) is 13.4. The number of para-hydroxylation sites is 3. The van der Waals surface area contributed by atoms with Crippen molar-refractivity contribution in [1.29, 1.82) is 0 Å². The van der Waals surface area contributed by atoms with E-state index in [-0.39, 0.29) is 17.2 Å². The van der Waals surface area contributed by atoms with Gasteiger partial charge in [-0.25, -0.2) is 4.39 Å². The second-order valence-corrected chi connectivity index (χ2v) is 5.81. The van der Waals surface area contributed by atoms with E-state index in [0.717, 1.165) is 0 Å². The summed E-state index contributed by atoms with van der Waals surface area (Å²) in [5.41, 5.74) is 5.52. The molecule has 1 heterocycles. The fourth-order valence-corrected chi connectivity index (χ4v) is 2.45. The summed E-state index contributed by atoms with van der Waals surface area (Å²) in [6.07, 6.45) is -1.17. The van der Waals surface area contributed by atoms with Gasteiger partial charge in [0, 0.05) is 0 Å². The van der Waals surface area contributed by atoms with E-state index in [1.807, 2.05) is 0 Å². The van der Waals surface area contributed by atoms with E-state index in [2.05, 4.69) is 21.5 Å². The van der Waals surface area contributed by atoms with Crippen LogP contribution in [0.15, 0.2) is 48.5 Å². The highest BCUT2D eigenvalue weighted by Crippen LogP contribution is 2.29. The predicted octanol–water partition coefficient (Wildman–Crippen LogP) is 1.93. The van der Waals surface area contributed by atoms with Gasteiger partial charge in [-0.15, -0.1) is 0 Å². The van der Waals surface area contributed by atoms with Crippen molar-refractivity contribution in [3.8, 4) is 5.75 Å². The summed E-state index contributed by atoms with van der Waals surface area (Å²) in [5, 5.41) is 5.29. The molecule has 4 N–H and O–H groups in total. The largest absolute Gasteiger partial charge is 0.478 e. The fourth-order valence-electron chi connectivity index (χ4n) is 2.29. The van der Waals surface area contributed by atoms with E-state index < -0.39 is 23.7 Å². The van der Waals surface area contributed by atoms with Crippen molar-refractivity contribution in [2.75, 3.05) is 10.6 Å². The minimum Gasteiger partial charge on any atom is -0.478 e.